The Morgan fingerprint density at radius 1 is 1.28 bits per heavy atom. The lowest BCUT2D eigenvalue weighted by Gasteiger charge is -2.28. The van der Waals surface area contributed by atoms with Crippen LogP contribution in [-0.2, 0) is 6.54 Å². The van der Waals surface area contributed by atoms with E-state index in [0.717, 1.165) is 13.1 Å². The largest absolute Gasteiger partial charge is 0.311 e. The molecular weight excluding hydrogens is 288 g/mol. The van der Waals surface area contributed by atoms with Crippen molar-refractivity contribution in [3.63, 3.8) is 0 Å². The molecule has 0 aliphatic carbocycles. The summed E-state index contributed by atoms with van der Waals surface area (Å²) in [5.41, 5.74) is 2.64. The first-order valence-corrected chi connectivity index (χ1v) is 7.33. The molecule has 0 bridgehead atoms. The summed E-state index contributed by atoms with van der Waals surface area (Å²) >= 11 is 3.53. The smallest absolute Gasteiger partial charge is 0.0237 e. The molecule has 0 aromatic heterocycles. The van der Waals surface area contributed by atoms with E-state index in [1.165, 1.54) is 15.6 Å². The van der Waals surface area contributed by atoms with E-state index in [4.69, 9.17) is 0 Å². The van der Waals surface area contributed by atoms with Crippen molar-refractivity contribution in [1.82, 2.24) is 10.2 Å². The zero-order valence-electron chi connectivity index (χ0n) is 12.1. The fourth-order valence-electron chi connectivity index (χ4n) is 2.20. The molecule has 1 aromatic rings. The van der Waals surface area contributed by atoms with E-state index in [9.17, 15) is 0 Å². The van der Waals surface area contributed by atoms with E-state index < -0.39 is 0 Å². The second-order valence-electron chi connectivity index (χ2n) is 5.49. The summed E-state index contributed by atoms with van der Waals surface area (Å²) in [6, 6.07) is 7.11. The number of likely N-dealkylation sites (N-methyl/N-ethyl adjacent to an activating group) is 1. The highest BCUT2D eigenvalue weighted by Gasteiger charge is 2.14. The van der Waals surface area contributed by atoms with Crippen molar-refractivity contribution >= 4 is 15.9 Å². The highest BCUT2D eigenvalue weighted by atomic mass is 79.9. The van der Waals surface area contributed by atoms with Gasteiger partial charge in [0.15, 0.2) is 0 Å². The van der Waals surface area contributed by atoms with Crippen LogP contribution in [0.3, 0.4) is 0 Å². The molecule has 1 unspecified atom stereocenters. The summed E-state index contributed by atoms with van der Waals surface area (Å²) in [6.45, 7) is 8.64. The van der Waals surface area contributed by atoms with Crippen molar-refractivity contribution in [3.8, 4) is 0 Å². The van der Waals surface area contributed by atoms with E-state index in [1.807, 2.05) is 0 Å². The van der Waals surface area contributed by atoms with Crippen molar-refractivity contribution in [3.05, 3.63) is 33.8 Å². The van der Waals surface area contributed by atoms with Crippen LogP contribution in [0, 0.1) is 12.8 Å². The van der Waals surface area contributed by atoms with Crippen LogP contribution >= 0.6 is 15.9 Å². The molecule has 1 rings (SSSR count). The third kappa shape index (κ3) is 4.71. The number of aryl methyl sites for hydroxylation is 1. The quantitative estimate of drug-likeness (QED) is 0.865. The van der Waals surface area contributed by atoms with Crippen molar-refractivity contribution < 1.29 is 0 Å². The zero-order valence-corrected chi connectivity index (χ0v) is 13.7. The number of nitrogens with one attached hydrogen (secondary N) is 1. The Bertz CT molecular complexity index is 367. The van der Waals surface area contributed by atoms with Gasteiger partial charge in [-0.2, -0.15) is 0 Å². The predicted molar refractivity (Wildman–Crippen MR) is 82.9 cm³/mol. The van der Waals surface area contributed by atoms with Gasteiger partial charge in [0.05, 0.1) is 0 Å². The van der Waals surface area contributed by atoms with Gasteiger partial charge >= 0.3 is 0 Å². The molecule has 0 fully saturated rings. The highest BCUT2D eigenvalue weighted by molar-refractivity contribution is 9.10. The first kappa shape index (κ1) is 15.7. The highest BCUT2D eigenvalue weighted by Crippen LogP contribution is 2.17. The van der Waals surface area contributed by atoms with Gasteiger partial charge in [0.1, 0.15) is 0 Å². The molecule has 1 aromatic carbocycles. The van der Waals surface area contributed by atoms with E-state index in [0.29, 0.717) is 12.0 Å². The normalized spacial score (nSPS) is 13.3. The predicted octanol–water partition coefficient (Wildman–Crippen LogP) is 3.43. The molecule has 0 spiro atoms. The minimum atomic E-state index is 0.585. The maximum atomic E-state index is 3.55. The Hall–Kier alpha value is -0.380. The van der Waals surface area contributed by atoms with Gasteiger partial charge in [0, 0.05) is 23.6 Å². The van der Waals surface area contributed by atoms with Gasteiger partial charge in [-0.25, -0.2) is 0 Å². The second-order valence-corrected chi connectivity index (χ2v) is 6.34. The van der Waals surface area contributed by atoms with Crippen LogP contribution in [0.4, 0.5) is 0 Å². The summed E-state index contributed by atoms with van der Waals surface area (Å²) in [6.07, 6.45) is 0. The molecular formula is C15H25BrN2. The first-order chi connectivity index (χ1) is 8.41. The number of rotatable bonds is 6. The fourth-order valence-corrected chi connectivity index (χ4v) is 2.44. The lowest BCUT2D eigenvalue weighted by Crippen LogP contribution is -2.41. The van der Waals surface area contributed by atoms with Crippen LogP contribution in [0.15, 0.2) is 22.7 Å². The minimum absolute atomic E-state index is 0.585. The van der Waals surface area contributed by atoms with E-state index in [1.54, 1.807) is 0 Å². The third-order valence-electron chi connectivity index (χ3n) is 3.34. The van der Waals surface area contributed by atoms with Gasteiger partial charge in [0.25, 0.3) is 0 Å². The number of nitrogens with zero attached hydrogens (tertiary/aromatic N) is 1. The lowest BCUT2D eigenvalue weighted by atomic mass is 10.0. The summed E-state index contributed by atoms with van der Waals surface area (Å²) in [4.78, 5) is 2.30. The molecule has 102 valence electrons. The third-order valence-corrected chi connectivity index (χ3v) is 4.23. The maximum Gasteiger partial charge on any atom is 0.0237 e. The Morgan fingerprint density at radius 3 is 2.44 bits per heavy atom. The van der Waals surface area contributed by atoms with Gasteiger partial charge in [-0.15, -0.1) is 0 Å². The summed E-state index contributed by atoms with van der Waals surface area (Å²) in [7, 11) is 4.30. The summed E-state index contributed by atoms with van der Waals surface area (Å²) in [5, 5.41) is 3.55. The molecule has 0 radical (unpaired) electrons. The summed E-state index contributed by atoms with van der Waals surface area (Å²) < 4.78 is 1.18. The van der Waals surface area contributed by atoms with Crippen LogP contribution in [0.1, 0.15) is 25.0 Å². The molecule has 3 heteroatoms. The number of benzene rings is 1. The zero-order chi connectivity index (χ0) is 13.7. The number of hydrogen-bond donors (Lipinski definition) is 1. The van der Waals surface area contributed by atoms with Crippen molar-refractivity contribution in [2.45, 2.75) is 33.4 Å². The van der Waals surface area contributed by atoms with Gasteiger partial charge < -0.3 is 10.2 Å². The minimum Gasteiger partial charge on any atom is -0.311 e. The maximum absolute atomic E-state index is 3.55. The molecule has 0 aliphatic rings. The topological polar surface area (TPSA) is 15.3 Å². The molecule has 0 aliphatic heterocycles. The summed E-state index contributed by atoms with van der Waals surface area (Å²) in [5.74, 6) is 0.666. The Morgan fingerprint density at radius 2 is 1.94 bits per heavy atom. The molecule has 1 atom stereocenters. The van der Waals surface area contributed by atoms with Crippen LogP contribution in [0.5, 0.6) is 0 Å². The van der Waals surface area contributed by atoms with Gasteiger partial charge in [0.2, 0.25) is 0 Å². The van der Waals surface area contributed by atoms with Gasteiger partial charge in [-0.05, 0) is 44.1 Å². The molecule has 18 heavy (non-hydrogen) atoms. The van der Waals surface area contributed by atoms with Crippen LogP contribution in [-0.4, -0.2) is 31.6 Å². The van der Waals surface area contributed by atoms with Crippen LogP contribution in [0.25, 0.3) is 0 Å². The van der Waals surface area contributed by atoms with Gasteiger partial charge in [-0.3, -0.25) is 0 Å². The molecule has 0 saturated carbocycles. The monoisotopic (exact) mass is 312 g/mol. The Kier molecular flexibility index (Phi) is 6.33. The lowest BCUT2D eigenvalue weighted by molar-refractivity contribution is 0.224. The Labute approximate surface area is 120 Å². The fraction of sp³-hybridized carbons (Fsp3) is 0.600. The second kappa shape index (κ2) is 7.27. The average molecular weight is 313 g/mol. The number of halogens is 1. The molecule has 0 saturated heterocycles. The van der Waals surface area contributed by atoms with Gasteiger partial charge in [-0.1, -0.05) is 41.9 Å². The van der Waals surface area contributed by atoms with Crippen molar-refractivity contribution in [2.75, 3.05) is 20.6 Å². The van der Waals surface area contributed by atoms with E-state index in [-0.39, 0.29) is 0 Å². The average Bonchev–Trinajstić information content (AvgIpc) is 2.28. The van der Waals surface area contributed by atoms with Crippen molar-refractivity contribution in [1.29, 1.82) is 0 Å². The molecule has 2 nitrogen and oxygen atoms in total. The molecule has 0 amide bonds. The van der Waals surface area contributed by atoms with Crippen LogP contribution in [0.2, 0.25) is 0 Å². The molecule has 1 N–H and O–H groups in total. The van der Waals surface area contributed by atoms with Crippen LogP contribution < -0.4 is 5.32 Å². The molecule has 0 heterocycles. The van der Waals surface area contributed by atoms with Crippen molar-refractivity contribution in [2.24, 2.45) is 5.92 Å². The van der Waals surface area contributed by atoms with E-state index >= 15 is 0 Å². The first-order valence-electron chi connectivity index (χ1n) is 6.54. The van der Waals surface area contributed by atoms with E-state index in [2.05, 4.69) is 79.2 Å². The standard InChI is InChI=1S/C15H25BrN2/c1-11(2)15(18(4)5)10-17-9-13-6-7-14(16)12(3)8-13/h6-8,11,15,17H,9-10H2,1-5H3. The Balaban J connectivity index is 2.47. The number of hydrogen-bond acceptors (Lipinski definition) is 2. The SMILES string of the molecule is Cc1cc(CNCC(C(C)C)N(C)C)ccc1Br.